The molecule has 0 aromatic heterocycles. The molecule has 0 heterocycles. The Kier molecular flexibility index (Phi) is 19.1. The van der Waals surface area contributed by atoms with Crippen LogP contribution in [0.2, 0.25) is 0 Å². The molecular weight excluding hydrogens is 374 g/mol. The molecule has 0 aliphatic rings. The first-order valence-corrected chi connectivity index (χ1v) is 12.7. The topological polar surface area (TPSA) is 75.4 Å². The third-order valence-electron chi connectivity index (χ3n) is 5.89. The van der Waals surface area contributed by atoms with Crippen LogP contribution in [0.5, 0.6) is 0 Å². The van der Waals surface area contributed by atoms with Gasteiger partial charge in [0, 0.05) is 20.0 Å². The molecule has 0 aliphatic heterocycles. The Morgan fingerprint density at radius 2 is 1.30 bits per heavy atom. The highest BCUT2D eigenvalue weighted by molar-refractivity contribution is 5.87. The first-order chi connectivity index (χ1) is 14.5. The van der Waals surface area contributed by atoms with Gasteiger partial charge in [0.1, 0.15) is 6.04 Å². The van der Waals surface area contributed by atoms with Crippen LogP contribution in [-0.2, 0) is 9.59 Å². The largest absolute Gasteiger partial charge is 0.354 e. The summed E-state index contributed by atoms with van der Waals surface area (Å²) in [6, 6.07) is -0.385. The number of amides is 2. The summed E-state index contributed by atoms with van der Waals surface area (Å²) in [5, 5.41) is 3.02. The fraction of sp³-hybridized carbons (Fsp3) is 0.920. The minimum atomic E-state index is -0.385. The molecule has 5 nitrogen and oxygen atoms in total. The van der Waals surface area contributed by atoms with Crippen LogP contribution in [0, 0.1) is 5.92 Å². The molecule has 0 bridgehead atoms. The molecule has 0 saturated heterocycles. The third kappa shape index (κ3) is 14.8. The van der Waals surface area contributed by atoms with Gasteiger partial charge in [-0.25, -0.2) is 0 Å². The number of carbonyl (C=O) groups excluding carboxylic acids is 2. The van der Waals surface area contributed by atoms with E-state index in [2.05, 4.69) is 12.2 Å². The SMILES string of the molecule is CCCCCCCCCCCCC(=O)N(C)C(C(=O)NCCCCCCN)C(C)C. The lowest BCUT2D eigenvalue weighted by molar-refractivity contribution is -0.140. The van der Waals surface area contributed by atoms with Crippen molar-refractivity contribution in [1.82, 2.24) is 10.2 Å². The van der Waals surface area contributed by atoms with Crippen LogP contribution in [0.4, 0.5) is 0 Å². The average molecular weight is 426 g/mol. The number of rotatable bonds is 20. The molecule has 0 saturated carbocycles. The summed E-state index contributed by atoms with van der Waals surface area (Å²) in [4.78, 5) is 26.9. The molecule has 30 heavy (non-hydrogen) atoms. The Balaban J connectivity index is 4.03. The molecule has 3 N–H and O–H groups in total. The number of hydrogen-bond donors (Lipinski definition) is 2. The Bertz CT molecular complexity index is 427. The van der Waals surface area contributed by atoms with Crippen LogP contribution in [0.15, 0.2) is 0 Å². The third-order valence-corrected chi connectivity index (χ3v) is 5.89. The molecule has 0 aliphatic carbocycles. The lowest BCUT2D eigenvalue weighted by atomic mass is 10.0. The highest BCUT2D eigenvalue weighted by atomic mass is 16.2. The van der Waals surface area contributed by atoms with Crippen LogP contribution in [-0.4, -0.2) is 42.9 Å². The Hall–Kier alpha value is -1.10. The number of unbranched alkanes of at least 4 members (excludes halogenated alkanes) is 12. The fourth-order valence-electron chi connectivity index (χ4n) is 3.96. The van der Waals surface area contributed by atoms with Crippen LogP contribution >= 0.6 is 0 Å². The van der Waals surface area contributed by atoms with Crippen molar-refractivity contribution >= 4 is 11.8 Å². The smallest absolute Gasteiger partial charge is 0.243 e. The highest BCUT2D eigenvalue weighted by Gasteiger charge is 2.29. The van der Waals surface area contributed by atoms with Crippen molar-refractivity contribution < 1.29 is 9.59 Å². The number of hydrogen-bond acceptors (Lipinski definition) is 3. The predicted octanol–water partition coefficient (Wildman–Crippen LogP) is 5.42. The molecule has 0 aromatic carbocycles. The molecule has 2 amide bonds. The minimum Gasteiger partial charge on any atom is -0.354 e. The maximum absolute atomic E-state index is 12.6. The van der Waals surface area contributed by atoms with Gasteiger partial charge in [0.25, 0.3) is 0 Å². The Morgan fingerprint density at radius 1 is 0.800 bits per heavy atom. The summed E-state index contributed by atoms with van der Waals surface area (Å²) in [7, 11) is 1.78. The second-order valence-corrected chi connectivity index (χ2v) is 9.12. The molecule has 178 valence electrons. The normalized spacial score (nSPS) is 12.2. The second kappa shape index (κ2) is 19.8. The van der Waals surface area contributed by atoms with Crippen molar-refractivity contribution in [2.75, 3.05) is 20.1 Å². The number of likely N-dealkylation sites (N-methyl/N-ethyl adjacent to an activating group) is 1. The first-order valence-electron chi connectivity index (χ1n) is 12.7. The van der Waals surface area contributed by atoms with E-state index in [-0.39, 0.29) is 23.8 Å². The van der Waals surface area contributed by atoms with Gasteiger partial charge in [0.2, 0.25) is 11.8 Å². The molecule has 0 rings (SSSR count). The maximum Gasteiger partial charge on any atom is 0.243 e. The van der Waals surface area contributed by atoms with Crippen LogP contribution in [0.1, 0.15) is 117 Å². The summed E-state index contributed by atoms with van der Waals surface area (Å²) >= 11 is 0. The Morgan fingerprint density at radius 3 is 1.83 bits per heavy atom. The van der Waals surface area contributed by atoms with Gasteiger partial charge in [-0.05, 0) is 31.7 Å². The van der Waals surface area contributed by atoms with Gasteiger partial charge in [0.15, 0.2) is 0 Å². The molecule has 0 radical (unpaired) electrons. The number of nitrogens with zero attached hydrogens (tertiary/aromatic N) is 1. The van der Waals surface area contributed by atoms with Gasteiger partial charge in [-0.15, -0.1) is 0 Å². The highest BCUT2D eigenvalue weighted by Crippen LogP contribution is 2.15. The van der Waals surface area contributed by atoms with Gasteiger partial charge in [-0.3, -0.25) is 9.59 Å². The van der Waals surface area contributed by atoms with Gasteiger partial charge < -0.3 is 16.0 Å². The maximum atomic E-state index is 12.6. The quantitative estimate of drug-likeness (QED) is 0.256. The zero-order chi connectivity index (χ0) is 22.6. The molecule has 1 unspecified atom stereocenters. The van der Waals surface area contributed by atoms with Gasteiger partial charge in [0.05, 0.1) is 0 Å². The molecule has 1 atom stereocenters. The van der Waals surface area contributed by atoms with Crippen LogP contribution in [0.3, 0.4) is 0 Å². The summed E-state index contributed by atoms with van der Waals surface area (Å²) in [6.07, 6.45) is 17.3. The van der Waals surface area contributed by atoms with E-state index in [0.29, 0.717) is 13.0 Å². The van der Waals surface area contributed by atoms with Crippen molar-refractivity contribution in [3.63, 3.8) is 0 Å². The number of carbonyl (C=O) groups is 2. The van der Waals surface area contributed by atoms with Gasteiger partial charge >= 0.3 is 0 Å². The van der Waals surface area contributed by atoms with Crippen molar-refractivity contribution in [3.05, 3.63) is 0 Å². The molecule has 0 spiro atoms. The van der Waals surface area contributed by atoms with E-state index < -0.39 is 0 Å². The van der Waals surface area contributed by atoms with Crippen molar-refractivity contribution in [3.8, 4) is 0 Å². The summed E-state index contributed by atoms with van der Waals surface area (Å²) in [6.45, 7) is 7.67. The summed E-state index contributed by atoms with van der Waals surface area (Å²) < 4.78 is 0. The lowest BCUT2D eigenvalue weighted by Crippen LogP contribution is -2.50. The molecule has 0 fully saturated rings. The van der Waals surface area contributed by atoms with E-state index in [1.165, 1.54) is 51.4 Å². The van der Waals surface area contributed by atoms with Crippen molar-refractivity contribution in [2.24, 2.45) is 11.7 Å². The minimum absolute atomic E-state index is 0.0252. The van der Waals surface area contributed by atoms with Crippen molar-refractivity contribution in [1.29, 1.82) is 0 Å². The zero-order valence-electron chi connectivity index (χ0n) is 20.5. The zero-order valence-corrected chi connectivity index (χ0v) is 20.5. The number of nitrogens with two attached hydrogens (primary N) is 1. The number of nitrogens with one attached hydrogen (secondary N) is 1. The van der Waals surface area contributed by atoms with E-state index >= 15 is 0 Å². The molecule has 0 aromatic rings. The summed E-state index contributed by atoms with van der Waals surface area (Å²) in [5.74, 6) is 0.165. The van der Waals surface area contributed by atoms with E-state index in [0.717, 1.165) is 45.1 Å². The predicted molar refractivity (Wildman–Crippen MR) is 128 cm³/mol. The molecule has 5 heteroatoms. The van der Waals surface area contributed by atoms with Gasteiger partial charge in [-0.1, -0.05) is 91.4 Å². The van der Waals surface area contributed by atoms with E-state index in [4.69, 9.17) is 5.73 Å². The van der Waals surface area contributed by atoms with E-state index in [1.54, 1.807) is 11.9 Å². The first kappa shape index (κ1) is 28.9. The van der Waals surface area contributed by atoms with Crippen LogP contribution in [0.25, 0.3) is 0 Å². The second-order valence-electron chi connectivity index (χ2n) is 9.12. The average Bonchev–Trinajstić information content (AvgIpc) is 2.71. The molecular formula is C25H51N3O2. The summed E-state index contributed by atoms with van der Waals surface area (Å²) in [5.41, 5.74) is 5.50. The van der Waals surface area contributed by atoms with Crippen molar-refractivity contribution in [2.45, 2.75) is 123 Å². The Labute approximate surface area is 186 Å². The monoisotopic (exact) mass is 425 g/mol. The van der Waals surface area contributed by atoms with Gasteiger partial charge in [-0.2, -0.15) is 0 Å². The fourth-order valence-corrected chi connectivity index (χ4v) is 3.96. The lowest BCUT2D eigenvalue weighted by Gasteiger charge is -2.30. The standard InChI is InChI=1S/C25H51N3O2/c1-5-6-7-8-9-10-11-12-13-16-19-23(29)28(4)24(22(2)3)25(30)27-21-18-15-14-17-20-26/h22,24H,5-21,26H2,1-4H3,(H,27,30). The van der Waals surface area contributed by atoms with E-state index in [9.17, 15) is 9.59 Å². The van der Waals surface area contributed by atoms with Crippen LogP contribution < -0.4 is 11.1 Å². The van der Waals surface area contributed by atoms with E-state index in [1.807, 2.05) is 13.8 Å².